The minimum atomic E-state index is -0.287. The van der Waals surface area contributed by atoms with Gasteiger partial charge in [0.25, 0.3) is 0 Å². The highest BCUT2D eigenvalue weighted by molar-refractivity contribution is 8.93. The summed E-state index contributed by atoms with van der Waals surface area (Å²) in [5.41, 5.74) is 15.8. The van der Waals surface area contributed by atoms with E-state index in [1.807, 2.05) is 48.5 Å². The molecule has 228 valence electrons. The Labute approximate surface area is 284 Å². The molecule has 0 heterocycles. The lowest BCUT2D eigenvalue weighted by Crippen LogP contribution is -2.23. The Morgan fingerprint density at radius 1 is 0.568 bits per heavy atom. The fourth-order valence-electron chi connectivity index (χ4n) is 4.51. The molecule has 0 spiro atoms. The van der Waals surface area contributed by atoms with Crippen molar-refractivity contribution in [3.05, 3.63) is 129 Å². The van der Waals surface area contributed by atoms with Gasteiger partial charge in [0.05, 0.1) is 11.1 Å². The SMILES string of the molecule is Br.Br.N=C(N)SCc1ccc(COc2ccc(OCc3ccc(CSC(=N)N)cc3)c3c2C(=O)c2ccccc2C3=O)cc1. The Morgan fingerprint density at radius 3 is 1.25 bits per heavy atom. The van der Waals surface area contributed by atoms with Gasteiger partial charge in [0.2, 0.25) is 0 Å². The lowest BCUT2D eigenvalue weighted by atomic mass is 9.83. The van der Waals surface area contributed by atoms with E-state index in [4.69, 9.17) is 31.8 Å². The maximum Gasteiger partial charge on any atom is 0.198 e. The number of carbonyl (C=O) groups is 2. The van der Waals surface area contributed by atoms with Crippen LogP contribution in [0.25, 0.3) is 0 Å². The molecule has 1 aliphatic carbocycles. The molecule has 4 aromatic carbocycles. The molecule has 0 unspecified atom stereocenters. The van der Waals surface area contributed by atoms with Gasteiger partial charge >= 0.3 is 0 Å². The number of ether oxygens (including phenoxy) is 2. The van der Waals surface area contributed by atoms with Crippen molar-refractivity contribution in [1.29, 1.82) is 10.8 Å². The molecule has 6 N–H and O–H groups in total. The number of rotatable bonds is 10. The molecule has 1 aliphatic rings. The molecule has 0 aromatic heterocycles. The molecule has 0 aliphatic heterocycles. The van der Waals surface area contributed by atoms with Crippen LogP contribution < -0.4 is 20.9 Å². The number of amidine groups is 2. The summed E-state index contributed by atoms with van der Waals surface area (Å²) >= 11 is 2.51. The van der Waals surface area contributed by atoms with Gasteiger partial charge in [-0.3, -0.25) is 20.4 Å². The Morgan fingerprint density at radius 2 is 0.909 bits per heavy atom. The van der Waals surface area contributed by atoms with Crippen LogP contribution in [0.5, 0.6) is 11.5 Å². The van der Waals surface area contributed by atoms with E-state index < -0.39 is 0 Å². The van der Waals surface area contributed by atoms with Gasteiger partial charge in [0.1, 0.15) is 24.7 Å². The standard InChI is InChI=1S/C32H28N4O4S2.2BrH/c33-31(34)41-17-21-9-5-19(6-10-21)15-39-25-13-14-26(40-16-20-7-11-22(12-8-20)18-42-32(35)36)28-27(25)29(37)23-3-1-2-4-24(23)30(28)38;;/h1-14H,15-18H2,(H3,33,34)(H3,35,36);2*1H. The minimum absolute atomic E-state index is 0. The number of nitrogens with one attached hydrogen (secondary N) is 2. The third-order valence-corrected chi connectivity index (χ3v) is 8.20. The molecular weight excluding hydrogens is 728 g/mol. The summed E-state index contributed by atoms with van der Waals surface area (Å²) in [5.74, 6) is 1.26. The van der Waals surface area contributed by atoms with Gasteiger partial charge in [-0.05, 0) is 34.4 Å². The molecule has 0 saturated carbocycles. The van der Waals surface area contributed by atoms with Crippen molar-refractivity contribution in [3.63, 3.8) is 0 Å². The zero-order chi connectivity index (χ0) is 29.6. The van der Waals surface area contributed by atoms with Crippen molar-refractivity contribution in [2.75, 3.05) is 0 Å². The third kappa shape index (κ3) is 8.32. The number of benzene rings is 4. The normalized spacial score (nSPS) is 11.4. The summed E-state index contributed by atoms with van der Waals surface area (Å²) in [6, 6.07) is 25.6. The van der Waals surface area contributed by atoms with Gasteiger partial charge < -0.3 is 20.9 Å². The second kappa shape index (κ2) is 15.9. The zero-order valence-corrected chi connectivity index (χ0v) is 28.4. The van der Waals surface area contributed by atoms with E-state index >= 15 is 0 Å². The lowest BCUT2D eigenvalue weighted by Gasteiger charge is -2.23. The molecule has 8 nitrogen and oxygen atoms in total. The summed E-state index contributed by atoms with van der Waals surface area (Å²) in [7, 11) is 0. The first-order chi connectivity index (χ1) is 20.3. The van der Waals surface area contributed by atoms with Crippen molar-refractivity contribution in [2.45, 2.75) is 24.7 Å². The highest BCUT2D eigenvalue weighted by atomic mass is 79.9. The molecule has 0 bridgehead atoms. The molecule has 0 saturated heterocycles. The monoisotopic (exact) mass is 756 g/mol. The quantitative estimate of drug-likeness (QED) is 0.0876. The number of carbonyl (C=O) groups excluding carboxylic acids is 2. The predicted octanol–water partition coefficient (Wildman–Crippen LogP) is 7.03. The second-order valence-electron chi connectivity index (χ2n) is 9.53. The first kappa shape index (κ1) is 34.9. The zero-order valence-electron chi connectivity index (χ0n) is 23.3. The maximum atomic E-state index is 13.7. The van der Waals surface area contributed by atoms with Crippen LogP contribution in [-0.4, -0.2) is 21.9 Å². The fourth-order valence-corrected chi connectivity index (χ4v) is 5.54. The first-order valence-electron chi connectivity index (χ1n) is 13.0. The van der Waals surface area contributed by atoms with E-state index in [-0.39, 0.29) is 80.2 Å². The molecule has 0 amide bonds. The Balaban J connectivity index is 0.00000264. The average molecular weight is 759 g/mol. The lowest BCUT2D eigenvalue weighted by molar-refractivity contribution is 0.0971. The van der Waals surface area contributed by atoms with Crippen LogP contribution in [0.3, 0.4) is 0 Å². The average Bonchev–Trinajstić information content (AvgIpc) is 3.00. The number of fused-ring (bicyclic) bond motifs is 2. The van der Waals surface area contributed by atoms with Gasteiger partial charge in [-0.2, -0.15) is 0 Å². The summed E-state index contributed by atoms with van der Waals surface area (Å²) in [6.07, 6.45) is 0. The van der Waals surface area contributed by atoms with Crippen LogP contribution in [-0.2, 0) is 24.7 Å². The van der Waals surface area contributed by atoms with E-state index in [0.29, 0.717) is 34.1 Å². The number of ketones is 2. The van der Waals surface area contributed by atoms with E-state index in [0.717, 1.165) is 22.3 Å². The molecule has 0 fully saturated rings. The van der Waals surface area contributed by atoms with Crippen LogP contribution in [0, 0.1) is 10.8 Å². The fraction of sp³-hybridized carbons (Fsp3) is 0.125. The Bertz CT molecular complexity index is 1560. The van der Waals surface area contributed by atoms with E-state index in [1.54, 1.807) is 36.4 Å². The summed E-state index contributed by atoms with van der Waals surface area (Å²) in [5, 5.41) is 14.9. The number of halogens is 2. The molecule has 0 atom stereocenters. The number of hydrogen-bond acceptors (Lipinski definition) is 8. The molecule has 5 rings (SSSR count). The number of hydrogen-bond donors (Lipinski definition) is 4. The van der Waals surface area contributed by atoms with E-state index in [9.17, 15) is 9.59 Å². The van der Waals surface area contributed by atoms with Crippen molar-refractivity contribution in [1.82, 2.24) is 0 Å². The largest absolute Gasteiger partial charge is 0.488 e. The number of nitrogens with two attached hydrogens (primary N) is 2. The first-order valence-corrected chi connectivity index (χ1v) is 15.0. The van der Waals surface area contributed by atoms with Crippen molar-refractivity contribution < 1.29 is 19.1 Å². The van der Waals surface area contributed by atoms with Gasteiger partial charge in [-0.1, -0.05) is 96.3 Å². The van der Waals surface area contributed by atoms with Gasteiger partial charge in [0, 0.05) is 22.6 Å². The van der Waals surface area contributed by atoms with Gasteiger partial charge in [0.15, 0.2) is 21.9 Å². The van der Waals surface area contributed by atoms with Crippen molar-refractivity contribution >= 4 is 79.4 Å². The highest BCUT2D eigenvalue weighted by Gasteiger charge is 2.35. The molecule has 4 aromatic rings. The van der Waals surface area contributed by atoms with Crippen molar-refractivity contribution in [2.24, 2.45) is 11.5 Å². The summed E-state index contributed by atoms with van der Waals surface area (Å²) < 4.78 is 12.2. The van der Waals surface area contributed by atoms with Gasteiger partial charge in [-0.15, -0.1) is 34.0 Å². The van der Waals surface area contributed by atoms with Crippen LogP contribution >= 0.6 is 57.5 Å². The Kier molecular flexibility index (Phi) is 12.6. The van der Waals surface area contributed by atoms with Crippen LogP contribution in [0.2, 0.25) is 0 Å². The maximum absolute atomic E-state index is 13.7. The van der Waals surface area contributed by atoms with Crippen LogP contribution in [0.1, 0.15) is 54.1 Å². The van der Waals surface area contributed by atoms with E-state index in [1.165, 1.54) is 23.5 Å². The van der Waals surface area contributed by atoms with Crippen LogP contribution in [0.4, 0.5) is 0 Å². The highest BCUT2D eigenvalue weighted by Crippen LogP contribution is 2.39. The van der Waals surface area contributed by atoms with Crippen molar-refractivity contribution in [3.8, 4) is 11.5 Å². The molecule has 0 radical (unpaired) electrons. The summed E-state index contributed by atoms with van der Waals surface area (Å²) in [4.78, 5) is 27.4. The second-order valence-corrected chi connectivity index (χ2v) is 11.6. The topological polar surface area (TPSA) is 152 Å². The van der Waals surface area contributed by atoms with E-state index in [2.05, 4.69) is 0 Å². The molecular formula is C32H30Br2N4O4S2. The molecule has 44 heavy (non-hydrogen) atoms. The minimum Gasteiger partial charge on any atom is -0.488 e. The summed E-state index contributed by atoms with van der Waals surface area (Å²) in [6.45, 7) is 0.397. The third-order valence-electron chi connectivity index (χ3n) is 6.62. The van der Waals surface area contributed by atoms with Gasteiger partial charge in [-0.25, -0.2) is 0 Å². The molecule has 12 heteroatoms. The smallest absolute Gasteiger partial charge is 0.198 e. The predicted molar refractivity (Wildman–Crippen MR) is 188 cm³/mol. The Hall–Kier alpha value is -3.58. The van der Waals surface area contributed by atoms with Crippen LogP contribution in [0.15, 0.2) is 84.9 Å². The number of thioether (sulfide) groups is 2.